The third-order valence-corrected chi connectivity index (χ3v) is 6.06. The number of ether oxygens (including phenoxy) is 1. The molecular formula is C16H26F3NO. The third-order valence-electron chi connectivity index (χ3n) is 6.06. The second-order valence-corrected chi connectivity index (χ2v) is 7.08. The van der Waals surface area contributed by atoms with Crippen molar-refractivity contribution in [1.82, 2.24) is 5.32 Å². The van der Waals surface area contributed by atoms with Gasteiger partial charge in [-0.1, -0.05) is 6.42 Å². The van der Waals surface area contributed by atoms with Gasteiger partial charge in [0.25, 0.3) is 0 Å². The molecule has 5 heteroatoms. The second kappa shape index (κ2) is 5.73. The number of hydrogen-bond acceptors (Lipinski definition) is 2. The van der Waals surface area contributed by atoms with Gasteiger partial charge in [-0.15, -0.1) is 0 Å². The lowest BCUT2D eigenvalue weighted by Crippen LogP contribution is -2.68. The minimum absolute atomic E-state index is 0.272. The van der Waals surface area contributed by atoms with Crippen molar-refractivity contribution in [3.63, 3.8) is 0 Å². The Bertz CT molecular complexity index is 359. The fourth-order valence-electron chi connectivity index (χ4n) is 4.54. The van der Waals surface area contributed by atoms with Crippen LogP contribution in [-0.4, -0.2) is 31.0 Å². The Morgan fingerprint density at radius 2 is 1.81 bits per heavy atom. The average Bonchev–Trinajstić information content (AvgIpc) is 2.35. The van der Waals surface area contributed by atoms with Crippen LogP contribution in [0.3, 0.4) is 0 Å². The summed E-state index contributed by atoms with van der Waals surface area (Å²) in [6.07, 6.45) is 3.00. The van der Waals surface area contributed by atoms with Crippen molar-refractivity contribution in [2.24, 2.45) is 11.3 Å². The zero-order valence-corrected chi connectivity index (χ0v) is 12.7. The standard InChI is InChI=1S/C16H26F3NO/c1-2-21-14-10-13(15(14)8-3-9-15)20-12-6-4-11(5-7-12)16(17,18)19/h11-14,20H,2-10H2,1H3. The minimum atomic E-state index is -4.00. The molecule has 2 nitrogen and oxygen atoms in total. The summed E-state index contributed by atoms with van der Waals surface area (Å²) >= 11 is 0. The van der Waals surface area contributed by atoms with E-state index in [2.05, 4.69) is 5.32 Å². The summed E-state index contributed by atoms with van der Waals surface area (Å²) in [5, 5.41) is 3.66. The molecule has 0 heterocycles. The van der Waals surface area contributed by atoms with E-state index in [4.69, 9.17) is 4.74 Å². The second-order valence-electron chi connectivity index (χ2n) is 7.08. The van der Waals surface area contributed by atoms with Gasteiger partial charge < -0.3 is 10.1 Å². The van der Waals surface area contributed by atoms with Gasteiger partial charge in [-0.3, -0.25) is 0 Å². The van der Waals surface area contributed by atoms with Crippen LogP contribution in [0.25, 0.3) is 0 Å². The van der Waals surface area contributed by atoms with Gasteiger partial charge in [0.2, 0.25) is 0 Å². The van der Waals surface area contributed by atoms with Gasteiger partial charge in [-0.05, 0) is 51.9 Å². The Labute approximate surface area is 124 Å². The lowest BCUT2D eigenvalue weighted by Gasteiger charge is -2.62. The van der Waals surface area contributed by atoms with E-state index in [1.54, 1.807) is 0 Å². The van der Waals surface area contributed by atoms with Crippen LogP contribution in [0.1, 0.15) is 58.3 Å². The van der Waals surface area contributed by atoms with Crippen LogP contribution < -0.4 is 5.32 Å². The molecule has 3 fully saturated rings. The highest BCUT2D eigenvalue weighted by Gasteiger charge is 2.59. The highest BCUT2D eigenvalue weighted by molar-refractivity contribution is 5.12. The van der Waals surface area contributed by atoms with Gasteiger partial charge in [0.15, 0.2) is 0 Å². The molecule has 21 heavy (non-hydrogen) atoms. The van der Waals surface area contributed by atoms with Crippen LogP contribution in [0.2, 0.25) is 0 Å². The summed E-state index contributed by atoms with van der Waals surface area (Å²) in [5.74, 6) is -1.08. The van der Waals surface area contributed by atoms with Gasteiger partial charge in [0.05, 0.1) is 12.0 Å². The molecule has 2 unspecified atom stereocenters. The molecule has 3 aliphatic rings. The van der Waals surface area contributed by atoms with Gasteiger partial charge >= 0.3 is 6.18 Å². The molecule has 0 amide bonds. The predicted molar refractivity (Wildman–Crippen MR) is 75.0 cm³/mol. The number of halogens is 3. The van der Waals surface area contributed by atoms with Crippen molar-refractivity contribution >= 4 is 0 Å². The highest BCUT2D eigenvalue weighted by atomic mass is 19.4. The van der Waals surface area contributed by atoms with Gasteiger partial charge in [-0.25, -0.2) is 0 Å². The normalized spacial score (nSPS) is 38.9. The quantitative estimate of drug-likeness (QED) is 0.846. The molecule has 122 valence electrons. The SMILES string of the molecule is CCOC1CC(NC2CCC(C(F)(F)F)CC2)C12CCC2. The topological polar surface area (TPSA) is 21.3 Å². The van der Waals surface area contributed by atoms with Crippen molar-refractivity contribution in [3.8, 4) is 0 Å². The van der Waals surface area contributed by atoms with E-state index >= 15 is 0 Å². The molecule has 3 rings (SSSR count). The first-order valence-electron chi connectivity index (χ1n) is 8.40. The monoisotopic (exact) mass is 305 g/mol. The molecule has 0 radical (unpaired) electrons. The molecule has 0 aromatic heterocycles. The molecule has 0 bridgehead atoms. The molecule has 3 saturated carbocycles. The Morgan fingerprint density at radius 1 is 1.14 bits per heavy atom. The molecular weight excluding hydrogens is 279 g/mol. The Morgan fingerprint density at radius 3 is 2.29 bits per heavy atom. The lowest BCUT2D eigenvalue weighted by atomic mass is 9.50. The molecule has 0 aromatic carbocycles. The van der Waals surface area contributed by atoms with Crippen LogP contribution in [0.15, 0.2) is 0 Å². The first-order chi connectivity index (χ1) is 9.95. The maximum atomic E-state index is 12.7. The first kappa shape index (κ1) is 15.6. The minimum Gasteiger partial charge on any atom is -0.378 e. The Balaban J connectivity index is 1.48. The third kappa shape index (κ3) is 2.83. The van der Waals surface area contributed by atoms with Crippen molar-refractivity contribution in [1.29, 1.82) is 0 Å². The fourth-order valence-corrected chi connectivity index (χ4v) is 4.54. The summed E-state index contributed by atoms with van der Waals surface area (Å²) < 4.78 is 43.9. The fraction of sp³-hybridized carbons (Fsp3) is 1.00. The van der Waals surface area contributed by atoms with E-state index in [-0.39, 0.29) is 18.9 Å². The summed E-state index contributed by atoms with van der Waals surface area (Å²) in [6, 6.07) is 0.740. The van der Waals surface area contributed by atoms with Crippen molar-refractivity contribution in [3.05, 3.63) is 0 Å². The Kier molecular flexibility index (Phi) is 4.25. The lowest BCUT2D eigenvalue weighted by molar-refractivity contribution is -0.187. The number of rotatable bonds is 4. The summed E-state index contributed by atoms with van der Waals surface area (Å²) in [6.45, 7) is 2.79. The molecule has 0 aromatic rings. The molecule has 1 spiro atoms. The van der Waals surface area contributed by atoms with Crippen molar-refractivity contribution < 1.29 is 17.9 Å². The number of alkyl halides is 3. The maximum absolute atomic E-state index is 12.7. The zero-order chi connectivity index (χ0) is 15.1. The van der Waals surface area contributed by atoms with E-state index in [0.29, 0.717) is 30.4 Å². The van der Waals surface area contributed by atoms with Crippen LogP contribution in [0, 0.1) is 11.3 Å². The average molecular weight is 305 g/mol. The Hall–Kier alpha value is -0.290. The summed E-state index contributed by atoms with van der Waals surface area (Å²) in [7, 11) is 0. The molecule has 1 N–H and O–H groups in total. The summed E-state index contributed by atoms with van der Waals surface area (Å²) in [5.41, 5.74) is 0.302. The largest absolute Gasteiger partial charge is 0.391 e. The number of nitrogens with one attached hydrogen (secondary N) is 1. The van der Waals surface area contributed by atoms with E-state index in [9.17, 15) is 13.2 Å². The van der Waals surface area contributed by atoms with Gasteiger partial charge in [0.1, 0.15) is 0 Å². The van der Waals surface area contributed by atoms with E-state index in [1.807, 2.05) is 6.92 Å². The maximum Gasteiger partial charge on any atom is 0.391 e. The van der Waals surface area contributed by atoms with Gasteiger partial charge in [-0.2, -0.15) is 13.2 Å². The first-order valence-corrected chi connectivity index (χ1v) is 8.40. The van der Waals surface area contributed by atoms with Crippen LogP contribution in [-0.2, 0) is 4.74 Å². The molecule has 0 aliphatic heterocycles. The van der Waals surface area contributed by atoms with Gasteiger partial charge in [0, 0.05) is 24.1 Å². The van der Waals surface area contributed by atoms with Crippen LogP contribution in [0.5, 0.6) is 0 Å². The van der Waals surface area contributed by atoms with Crippen LogP contribution >= 0.6 is 0 Å². The van der Waals surface area contributed by atoms with E-state index in [0.717, 1.165) is 13.0 Å². The zero-order valence-electron chi connectivity index (χ0n) is 12.7. The molecule has 0 saturated heterocycles. The van der Waals surface area contributed by atoms with E-state index in [1.165, 1.54) is 19.3 Å². The predicted octanol–water partition coefficient (Wildman–Crippen LogP) is 4.04. The molecule has 2 atom stereocenters. The molecule has 3 aliphatic carbocycles. The highest BCUT2D eigenvalue weighted by Crippen LogP contribution is 2.57. The van der Waals surface area contributed by atoms with E-state index < -0.39 is 12.1 Å². The number of hydrogen-bond donors (Lipinski definition) is 1. The van der Waals surface area contributed by atoms with Crippen LogP contribution in [0.4, 0.5) is 13.2 Å². The smallest absolute Gasteiger partial charge is 0.378 e. The summed E-state index contributed by atoms with van der Waals surface area (Å²) in [4.78, 5) is 0. The van der Waals surface area contributed by atoms with Crippen molar-refractivity contribution in [2.45, 2.75) is 82.7 Å². The van der Waals surface area contributed by atoms with Crippen molar-refractivity contribution in [2.75, 3.05) is 6.61 Å².